The first-order chi connectivity index (χ1) is 33.9. The molecule has 69 heavy (non-hydrogen) atoms. The van der Waals surface area contributed by atoms with Crippen molar-refractivity contribution in [3.05, 3.63) is 120 Å². The Morgan fingerprint density at radius 2 is 0.884 bits per heavy atom. The molecule has 0 aliphatic carbocycles. The molecule has 4 aliphatic rings. The number of hydrogen-bond donors (Lipinski definition) is 4. The number of piperidine rings is 2. The predicted octanol–water partition coefficient (Wildman–Crippen LogP) is 10.4. The number of nitrogens with one attached hydrogen (secondary N) is 4. The van der Waals surface area contributed by atoms with E-state index < -0.39 is 0 Å². The summed E-state index contributed by atoms with van der Waals surface area (Å²) in [5.74, 6) is 3.01. The normalized spacial score (nSPS) is 18.5. The van der Waals surface area contributed by atoms with E-state index in [1.54, 1.807) is 0 Å². The van der Waals surface area contributed by atoms with E-state index in [1.807, 2.05) is 110 Å². The summed E-state index contributed by atoms with van der Waals surface area (Å²) in [5, 5.41) is 8.35. The minimum absolute atomic E-state index is 0.0364. The zero-order chi connectivity index (χ0) is 47.2. The Kier molecular flexibility index (Phi) is 17.0. The van der Waals surface area contributed by atoms with Gasteiger partial charge < -0.3 is 49.7 Å². The summed E-state index contributed by atoms with van der Waals surface area (Å²) in [7, 11) is 0. The molecule has 6 heterocycles. The number of benzene rings is 4. The maximum absolute atomic E-state index is 13.0. The highest BCUT2D eigenvalue weighted by atomic mass is 16.5. The molecule has 12 heteroatoms. The number of fused-ring (bicyclic) bond motifs is 2. The number of ether oxygens (including phenoxy) is 2. The van der Waals surface area contributed by atoms with E-state index in [0.717, 1.165) is 115 Å². The highest BCUT2D eigenvalue weighted by Gasteiger charge is 2.25. The molecular formula is C57H74N8O4. The number of carbonyl (C=O) groups is 2. The zero-order valence-corrected chi connectivity index (χ0v) is 40.9. The van der Waals surface area contributed by atoms with Crippen molar-refractivity contribution in [3.8, 4) is 23.0 Å². The number of H-pyrrole nitrogens is 2. The maximum Gasteiger partial charge on any atom is 0.267 e. The van der Waals surface area contributed by atoms with Crippen molar-refractivity contribution in [2.24, 2.45) is 0 Å². The smallest absolute Gasteiger partial charge is 0.267 e. The Labute approximate surface area is 409 Å². The second-order valence-corrected chi connectivity index (χ2v) is 19.8. The lowest BCUT2D eigenvalue weighted by Gasteiger charge is -2.33. The lowest BCUT2D eigenvalue weighted by atomic mass is 10.0. The number of likely N-dealkylation sites (tertiary alicyclic amines) is 4. The zero-order valence-electron chi connectivity index (χ0n) is 40.9. The van der Waals surface area contributed by atoms with Gasteiger partial charge in [-0.05, 0) is 151 Å². The average Bonchev–Trinajstić information content (AvgIpc) is 3.82. The Morgan fingerprint density at radius 3 is 1.33 bits per heavy atom. The third-order valence-electron chi connectivity index (χ3n) is 14.6. The van der Waals surface area contributed by atoms with Crippen molar-refractivity contribution in [1.29, 1.82) is 0 Å². The lowest BCUT2D eigenvalue weighted by molar-refractivity contribution is 0.0894. The quantitative estimate of drug-likeness (QED) is 0.0852. The van der Waals surface area contributed by atoms with Crippen LogP contribution in [0, 0.1) is 6.92 Å². The Hall–Kier alpha value is -5.66. The first-order valence-electron chi connectivity index (χ1n) is 26.1. The summed E-state index contributed by atoms with van der Waals surface area (Å²) in [6.45, 7) is 16.0. The average molecular weight is 935 g/mol. The van der Waals surface area contributed by atoms with Crippen LogP contribution in [-0.4, -0.2) is 132 Å². The number of para-hydroxylation sites is 1. The number of carbonyl (C=O) groups excluding carboxylic acids is 2. The van der Waals surface area contributed by atoms with Crippen molar-refractivity contribution in [2.45, 2.75) is 96.1 Å². The Bertz CT molecular complexity index is 2540. The van der Waals surface area contributed by atoms with E-state index >= 15 is 0 Å². The van der Waals surface area contributed by atoms with Crippen LogP contribution in [0.15, 0.2) is 103 Å². The van der Waals surface area contributed by atoms with Crippen LogP contribution in [0.4, 0.5) is 0 Å². The molecule has 0 atom stereocenters. The van der Waals surface area contributed by atoms with Gasteiger partial charge in [0.05, 0.1) is 0 Å². The molecule has 4 fully saturated rings. The summed E-state index contributed by atoms with van der Waals surface area (Å²) in [4.78, 5) is 43.0. The van der Waals surface area contributed by atoms with Crippen LogP contribution in [0.2, 0.25) is 0 Å². The van der Waals surface area contributed by atoms with Gasteiger partial charge in [-0.25, -0.2) is 0 Å². The number of aromatic amines is 2. The van der Waals surface area contributed by atoms with Crippen molar-refractivity contribution in [1.82, 2.24) is 40.2 Å². The van der Waals surface area contributed by atoms with Crippen LogP contribution in [0.25, 0.3) is 21.8 Å². The molecule has 0 bridgehead atoms. The summed E-state index contributed by atoms with van der Waals surface area (Å²) in [6, 6.07) is 33.7. The van der Waals surface area contributed by atoms with Crippen molar-refractivity contribution < 1.29 is 19.1 Å². The maximum atomic E-state index is 13.0. The van der Waals surface area contributed by atoms with E-state index in [9.17, 15) is 9.59 Å². The van der Waals surface area contributed by atoms with Gasteiger partial charge in [-0.3, -0.25) is 9.59 Å². The minimum atomic E-state index is -0.0372. The van der Waals surface area contributed by atoms with Crippen molar-refractivity contribution in [3.63, 3.8) is 0 Å². The third kappa shape index (κ3) is 13.8. The number of aromatic nitrogens is 2. The molecule has 0 saturated carbocycles. The van der Waals surface area contributed by atoms with Gasteiger partial charge in [0, 0.05) is 86.2 Å². The van der Waals surface area contributed by atoms with Gasteiger partial charge >= 0.3 is 0 Å². The number of hydrogen-bond acceptors (Lipinski definition) is 8. The van der Waals surface area contributed by atoms with E-state index in [0.29, 0.717) is 11.4 Å². The van der Waals surface area contributed by atoms with Gasteiger partial charge in [0.15, 0.2) is 0 Å². The molecule has 4 aromatic carbocycles. The van der Waals surface area contributed by atoms with Crippen LogP contribution in [-0.2, 0) is 0 Å². The fourth-order valence-corrected chi connectivity index (χ4v) is 10.5. The van der Waals surface area contributed by atoms with Crippen LogP contribution in [0.5, 0.6) is 23.0 Å². The topological polar surface area (TPSA) is 121 Å². The van der Waals surface area contributed by atoms with E-state index in [-0.39, 0.29) is 23.9 Å². The predicted molar refractivity (Wildman–Crippen MR) is 278 cm³/mol. The summed E-state index contributed by atoms with van der Waals surface area (Å²) in [5.41, 5.74) is 4.13. The number of aryl methyl sites for hydroxylation is 1. The van der Waals surface area contributed by atoms with E-state index in [2.05, 4.69) is 40.2 Å². The van der Waals surface area contributed by atoms with Crippen LogP contribution >= 0.6 is 0 Å². The molecule has 10 rings (SSSR count). The monoisotopic (exact) mass is 935 g/mol. The number of rotatable bonds is 14. The van der Waals surface area contributed by atoms with Gasteiger partial charge in [-0.2, -0.15) is 0 Å². The molecule has 2 aromatic heterocycles. The molecule has 2 amide bonds. The highest BCUT2D eigenvalue weighted by molar-refractivity contribution is 6.00. The Morgan fingerprint density at radius 1 is 0.478 bits per heavy atom. The fraction of sp³-hybridized carbons (Fsp3) is 0.474. The summed E-state index contributed by atoms with van der Waals surface area (Å²) >= 11 is 0. The van der Waals surface area contributed by atoms with E-state index in [4.69, 9.17) is 9.47 Å². The second kappa shape index (κ2) is 24.3. The molecule has 4 N–H and O–H groups in total. The molecule has 4 aliphatic heterocycles. The van der Waals surface area contributed by atoms with Gasteiger partial charge in [-0.1, -0.05) is 68.1 Å². The highest BCUT2D eigenvalue weighted by Crippen LogP contribution is 2.32. The van der Waals surface area contributed by atoms with Gasteiger partial charge in [0.1, 0.15) is 34.4 Å². The van der Waals surface area contributed by atoms with Gasteiger partial charge in [0.2, 0.25) is 0 Å². The summed E-state index contributed by atoms with van der Waals surface area (Å²) in [6.07, 6.45) is 15.0. The van der Waals surface area contributed by atoms with Crippen LogP contribution < -0.4 is 20.1 Å². The van der Waals surface area contributed by atoms with Gasteiger partial charge in [-0.15, -0.1) is 0 Å². The second-order valence-electron chi connectivity index (χ2n) is 19.8. The molecule has 6 aromatic rings. The molecule has 366 valence electrons. The first kappa shape index (κ1) is 48.4. The third-order valence-corrected chi connectivity index (χ3v) is 14.6. The standard InChI is InChI=1S/C29H38N4O2.C28H36N4O2/c1-22-8-6-9-24(20-22)35-28-11-7-10-26-25(28)21-27(31-26)29(34)30-23-12-16-33(17-13-23)19-18-32-14-4-2-3-5-15-32;33-28(29-22-13-17-32(18-14-22)20-19-31-15-6-1-2-7-16-31)26-21-24-25(30-26)11-8-12-27(24)34-23-9-4-3-5-10-23/h6-11,20-21,23,31H,2-5,12-19H2,1H3,(H,30,34);3-5,8-12,21-22,30H,1-2,6-7,13-20H2,(H,29,33). The van der Waals surface area contributed by atoms with Crippen LogP contribution in [0.3, 0.4) is 0 Å². The lowest BCUT2D eigenvalue weighted by Crippen LogP contribution is -2.46. The van der Waals surface area contributed by atoms with Crippen molar-refractivity contribution >= 4 is 33.6 Å². The molecule has 0 unspecified atom stereocenters. The Balaban J connectivity index is 0.000000172. The number of nitrogens with zero attached hydrogens (tertiary/aromatic N) is 4. The van der Waals surface area contributed by atoms with Gasteiger partial charge in [0.25, 0.3) is 11.8 Å². The number of amides is 2. The largest absolute Gasteiger partial charge is 0.457 e. The fourth-order valence-electron chi connectivity index (χ4n) is 10.5. The van der Waals surface area contributed by atoms with E-state index in [1.165, 1.54) is 90.6 Å². The first-order valence-corrected chi connectivity index (χ1v) is 26.1. The SMILES string of the molecule is Cc1cccc(Oc2cccc3[nH]c(C(=O)NC4CCN(CCN5CCCCCC5)CC4)cc23)c1.O=C(NC1CCN(CCN2CCCCCC2)CC1)c1cc2c(Oc3ccccc3)cccc2[nH]1. The van der Waals surface area contributed by atoms with Crippen molar-refractivity contribution in [2.75, 3.05) is 78.5 Å². The molecule has 0 spiro atoms. The molecule has 0 radical (unpaired) electrons. The van der Waals surface area contributed by atoms with Crippen LogP contribution in [0.1, 0.15) is 104 Å². The molecule has 4 saturated heterocycles. The molecule has 12 nitrogen and oxygen atoms in total. The summed E-state index contributed by atoms with van der Waals surface area (Å²) < 4.78 is 12.2. The minimum Gasteiger partial charge on any atom is -0.457 e. The molecular weight excluding hydrogens is 861 g/mol.